The van der Waals surface area contributed by atoms with E-state index in [4.69, 9.17) is 37.0 Å². The van der Waals surface area contributed by atoms with Gasteiger partial charge in [-0.25, -0.2) is 9.13 Å². The molecule has 0 spiro atoms. The summed E-state index contributed by atoms with van der Waals surface area (Å²) >= 11 is 0. The van der Waals surface area contributed by atoms with Crippen LogP contribution in [0.3, 0.4) is 0 Å². The Kier molecular flexibility index (Phi) is 72.5. The third-order valence-corrected chi connectivity index (χ3v) is 22.4. The molecule has 618 valence electrons. The van der Waals surface area contributed by atoms with Crippen LogP contribution in [0.4, 0.5) is 0 Å². The molecule has 0 radical (unpaired) electrons. The van der Waals surface area contributed by atoms with Crippen LogP contribution < -0.4 is 0 Å². The molecule has 0 fully saturated rings. The van der Waals surface area contributed by atoms with Crippen LogP contribution in [0.1, 0.15) is 441 Å². The summed E-state index contributed by atoms with van der Waals surface area (Å²) in [6, 6.07) is 0. The highest BCUT2D eigenvalue weighted by Gasteiger charge is 2.30. The van der Waals surface area contributed by atoms with Gasteiger partial charge in [0.2, 0.25) is 0 Å². The number of carbonyl (C=O) groups is 4. The number of aliphatic hydroxyl groups is 1. The number of ether oxygens (including phenoxy) is 4. The zero-order valence-electron chi connectivity index (χ0n) is 68.7. The fourth-order valence-electron chi connectivity index (χ4n) is 13.1. The number of carbonyl (C=O) groups excluding carboxylic acids is 4. The number of hydrogen-bond donors (Lipinski definition) is 3. The molecule has 104 heavy (non-hydrogen) atoms. The van der Waals surface area contributed by atoms with Crippen LogP contribution in [-0.2, 0) is 65.4 Å². The maximum absolute atomic E-state index is 13.1. The zero-order valence-corrected chi connectivity index (χ0v) is 70.5. The summed E-state index contributed by atoms with van der Waals surface area (Å²) in [5.74, 6) is 1.09. The fraction of sp³-hybridized carbons (Fsp3) is 0.953. The molecule has 4 unspecified atom stereocenters. The molecule has 0 saturated carbocycles. The normalized spacial score (nSPS) is 14.5. The Labute approximate surface area is 638 Å². The molecule has 19 heteroatoms. The summed E-state index contributed by atoms with van der Waals surface area (Å²) < 4.78 is 68.9. The van der Waals surface area contributed by atoms with Gasteiger partial charge in [0.15, 0.2) is 12.2 Å². The Bertz CT molecular complexity index is 2030. The summed E-state index contributed by atoms with van der Waals surface area (Å²) in [7, 11) is -9.93. The van der Waals surface area contributed by atoms with Gasteiger partial charge in [0.1, 0.15) is 19.3 Å². The molecule has 17 nitrogen and oxygen atoms in total. The summed E-state index contributed by atoms with van der Waals surface area (Å²) in [5, 5.41) is 10.7. The summed E-state index contributed by atoms with van der Waals surface area (Å²) in [6.07, 6.45) is 62.3. The van der Waals surface area contributed by atoms with Crippen LogP contribution in [0, 0.1) is 23.7 Å². The largest absolute Gasteiger partial charge is 0.472 e. The van der Waals surface area contributed by atoms with Gasteiger partial charge in [-0.2, -0.15) is 0 Å². The number of phosphoric ester groups is 2. The number of rotatable bonds is 82. The number of aliphatic hydroxyl groups excluding tert-OH is 1. The van der Waals surface area contributed by atoms with Gasteiger partial charge in [0, 0.05) is 25.7 Å². The molecule has 0 amide bonds. The predicted octanol–water partition coefficient (Wildman–Crippen LogP) is 25.6. The van der Waals surface area contributed by atoms with E-state index in [1.165, 1.54) is 244 Å². The monoisotopic (exact) mass is 1520 g/mol. The van der Waals surface area contributed by atoms with E-state index in [9.17, 15) is 43.2 Å². The molecule has 7 atom stereocenters. The first-order chi connectivity index (χ1) is 50.2. The van der Waals surface area contributed by atoms with Gasteiger partial charge in [0.25, 0.3) is 0 Å². The Balaban J connectivity index is 5.26. The Hall–Kier alpha value is -1.94. The van der Waals surface area contributed by atoms with Crippen molar-refractivity contribution in [3.8, 4) is 0 Å². The van der Waals surface area contributed by atoms with Crippen molar-refractivity contribution in [3.63, 3.8) is 0 Å². The summed E-state index contributed by atoms with van der Waals surface area (Å²) in [6.45, 7) is 14.4. The molecule has 0 aromatic rings. The summed E-state index contributed by atoms with van der Waals surface area (Å²) in [5.41, 5.74) is 0. The minimum absolute atomic E-state index is 0.106. The lowest BCUT2D eigenvalue weighted by atomic mass is 9.99. The van der Waals surface area contributed by atoms with Crippen molar-refractivity contribution in [3.05, 3.63) is 0 Å². The fourth-order valence-corrected chi connectivity index (χ4v) is 14.7. The van der Waals surface area contributed by atoms with Gasteiger partial charge >= 0.3 is 39.5 Å². The molecule has 0 saturated heterocycles. The highest BCUT2D eigenvalue weighted by molar-refractivity contribution is 7.47. The molecule has 0 heterocycles. The Morgan fingerprint density at radius 3 is 0.683 bits per heavy atom. The number of esters is 4. The smallest absolute Gasteiger partial charge is 0.462 e. The van der Waals surface area contributed by atoms with Gasteiger partial charge in [0.05, 0.1) is 26.4 Å². The average molecular weight is 1520 g/mol. The standard InChI is InChI=1S/C85H166O17P2/c1-9-77(7)63-55-47-39-31-27-28-34-44-52-60-68-85(90)102-81(72-96-83(88)66-58-50-42-36-35-40-48-56-64-78(8)10-2)74-100-104(93,94)98-70-79(86)69-97-103(91,92)99-73-80(71-95-82(87)65-57-49-41-32-25-21-18-17-20-24-30-38-46-54-62-76(5)6)101-84(89)67-59-51-43-33-26-22-16-14-12-11-13-15-19-23-29-37-45-53-61-75(3)4/h75-81,86H,9-74H2,1-8H3,(H,91,92)(H,93,94)/t77?,78?,79-,80-,81-/m1/s1. The second-order valence-electron chi connectivity index (χ2n) is 32.0. The van der Waals surface area contributed by atoms with Crippen molar-refractivity contribution in [2.75, 3.05) is 39.6 Å². The highest BCUT2D eigenvalue weighted by Crippen LogP contribution is 2.45. The van der Waals surface area contributed by atoms with Crippen molar-refractivity contribution in [2.45, 2.75) is 459 Å². The van der Waals surface area contributed by atoms with Gasteiger partial charge in [-0.3, -0.25) is 37.3 Å². The molecule has 0 aliphatic carbocycles. The first-order valence-electron chi connectivity index (χ1n) is 43.8. The van der Waals surface area contributed by atoms with Crippen molar-refractivity contribution < 1.29 is 80.2 Å². The van der Waals surface area contributed by atoms with Gasteiger partial charge < -0.3 is 33.8 Å². The van der Waals surface area contributed by atoms with Crippen molar-refractivity contribution >= 4 is 39.5 Å². The van der Waals surface area contributed by atoms with E-state index in [0.717, 1.165) is 114 Å². The lowest BCUT2D eigenvalue weighted by molar-refractivity contribution is -0.161. The average Bonchev–Trinajstić information content (AvgIpc) is 0.911. The molecule has 0 bridgehead atoms. The van der Waals surface area contributed by atoms with Crippen LogP contribution in [0.25, 0.3) is 0 Å². The first-order valence-corrected chi connectivity index (χ1v) is 46.8. The van der Waals surface area contributed by atoms with Crippen LogP contribution in [0.2, 0.25) is 0 Å². The molecule has 0 aromatic carbocycles. The van der Waals surface area contributed by atoms with E-state index >= 15 is 0 Å². The van der Waals surface area contributed by atoms with Gasteiger partial charge in [-0.05, 0) is 49.4 Å². The second kappa shape index (κ2) is 73.8. The molecule has 3 N–H and O–H groups in total. The lowest BCUT2D eigenvalue weighted by Gasteiger charge is -2.21. The maximum atomic E-state index is 13.1. The molecule has 0 rings (SSSR count). The van der Waals surface area contributed by atoms with Crippen LogP contribution in [-0.4, -0.2) is 96.7 Å². The highest BCUT2D eigenvalue weighted by atomic mass is 31.2. The first kappa shape index (κ1) is 102. The van der Waals surface area contributed by atoms with E-state index in [1.807, 2.05) is 0 Å². The van der Waals surface area contributed by atoms with Crippen LogP contribution in [0.5, 0.6) is 0 Å². The minimum atomic E-state index is -4.97. The third-order valence-electron chi connectivity index (χ3n) is 20.5. The topological polar surface area (TPSA) is 237 Å². The third kappa shape index (κ3) is 75.5. The lowest BCUT2D eigenvalue weighted by Crippen LogP contribution is -2.30. The number of hydrogen-bond acceptors (Lipinski definition) is 15. The Morgan fingerprint density at radius 2 is 0.462 bits per heavy atom. The molecular weight excluding hydrogens is 1350 g/mol. The van der Waals surface area contributed by atoms with E-state index in [0.29, 0.717) is 25.7 Å². The zero-order chi connectivity index (χ0) is 76.7. The molecule has 0 aromatic heterocycles. The van der Waals surface area contributed by atoms with E-state index in [-0.39, 0.29) is 25.7 Å². The van der Waals surface area contributed by atoms with Crippen LogP contribution >= 0.6 is 15.6 Å². The van der Waals surface area contributed by atoms with Crippen molar-refractivity contribution in [1.29, 1.82) is 0 Å². The molecule has 0 aliphatic heterocycles. The van der Waals surface area contributed by atoms with Gasteiger partial charge in [-0.15, -0.1) is 0 Å². The van der Waals surface area contributed by atoms with E-state index < -0.39 is 97.5 Å². The van der Waals surface area contributed by atoms with Crippen molar-refractivity contribution in [1.82, 2.24) is 0 Å². The number of unbranched alkanes of at least 4 members (excludes halogenated alkanes) is 46. The van der Waals surface area contributed by atoms with Gasteiger partial charge in [-0.1, -0.05) is 389 Å². The van der Waals surface area contributed by atoms with E-state index in [2.05, 4.69) is 55.4 Å². The Morgan fingerprint density at radius 1 is 0.269 bits per heavy atom. The predicted molar refractivity (Wildman–Crippen MR) is 428 cm³/mol. The minimum Gasteiger partial charge on any atom is -0.462 e. The van der Waals surface area contributed by atoms with Crippen molar-refractivity contribution in [2.24, 2.45) is 23.7 Å². The second-order valence-corrected chi connectivity index (χ2v) is 34.9. The quantitative estimate of drug-likeness (QED) is 0.0222. The number of phosphoric acid groups is 2. The van der Waals surface area contributed by atoms with E-state index in [1.54, 1.807) is 0 Å². The SMILES string of the molecule is CCC(C)CCCCCCCCCCCCC(=O)O[C@H](COC(=O)CCCCCCCCCCC(C)CC)COP(=O)(O)OC[C@H](O)COP(=O)(O)OC[C@@H](COC(=O)CCCCCCCCCCCCCCCCC(C)C)OC(=O)CCCCCCCCCCCCCCCCCCCCC(C)C. The maximum Gasteiger partial charge on any atom is 0.472 e. The molecule has 0 aliphatic rings. The molecular formula is C85H166O17P2. The summed E-state index contributed by atoms with van der Waals surface area (Å²) in [4.78, 5) is 73.2. The van der Waals surface area contributed by atoms with Crippen LogP contribution in [0.15, 0.2) is 0 Å².